The van der Waals surface area contributed by atoms with E-state index in [-0.39, 0.29) is 12.1 Å². The Labute approximate surface area is 164 Å². The minimum atomic E-state index is -0.567. The van der Waals surface area contributed by atoms with Crippen molar-refractivity contribution in [3.63, 3.8) is 0 Å². The van der Waals surface area contributed by atoms with Crippen LogP contribution in [0, 0.1) is 11.3 Å². The number of nitrogens with zero attached hydrogens (tertiary/aromatic N) is 2. The van der Waals surface area contributed by atoms with Crippen molar-refractivity contribution in [1.29, 1.82) is 5.26 Å². The molecule has 1 aromatic carbocycles. The van der Waals surface area contributed by atoms with Gasteiger partial charge in [0.15, 0.2) is 11.5 Å². The molecule has 0 spiro atoms. The van der Waals surface area contributed by atoms with Crippen LogP contribution in [0.1, 0.15) is 25.8 Å². The Bertz CT molecular complexity index is 864. The van der Waals surface area contributed by atoms with Gasteiger partial charge in [-0.05, 0) is 49.6 Å². The van der Waals surface area contributed by atoms with Crippen LogP contribution in [-0.4, -0.2) is 50.7 Å². The highest BCUT2D eigenvalue weighted by molar-refractivity contribution is 6.19. The van der Waals surface area contributed by atoms with E-state index in [4.69, 9.17) is 14.2 Å². The fraction of sp³-hybridized carbons (Fsp3) is 0.381. The molecule has 1 aromatic rings. The first-order valence-corrected chi connectivity index (χ1v) is 8.97. The van der Waals surface area contributed by atoms with Crippen molar-refractivity contribution in [2.24, 2.45) is 0 Å². The number of ether oxygens (including phenoxy) is 3. The molecule has 0 N–H and O–H groups in total. The molecule has 1 heterocycles. The molecule has 0 aromatic heterocycles. The van der Waals surface area contributed by atoms with Gasteiger partial charge >= 0.3 is 0 Å². The molecule has 0 bridgehead atoms. The normalized spacial score (nSPS) is 15.8. The van der Waals surface area contributed by atoms with Gasteiger partial charge in [0.1, 0.15) is 11.6 Å². The number of hydrogen-bond acceptors (Lipinski definition) is 6. The van der Waals surface area contributed by atoms with E-state index in [0.29, 0.717) is 47.8 Å². The molecule has 0 radical (unpaired) electrons. The zero-order chi connectivity index (χ0) is 20.7. The lowest BCUT2D eigenvalue weighted by atomic mass is 9.93. The Morgan fingerprint density at radius 2 is 1.93 bits per heavy atom. The largest absolute Gasteiger partial charge is 0.493 e. The second kappa shape index (κ2) is 9.72. The molecule has 0 atom stereocenters. The van der Waals surface area contributed by atoms with Crippen molar-refractivity contribution in [3.05, 3.63) is 40.5 Å². The van der Waals surface area contributed by atoms with Gasteiger partial charge in [0.2, 0.25) is 0 Å². The Kier molecular flexibility index (Phi) is 7.36. The van der Waals surface area contributed by atoms with Gasteiger partial charge in [-0.2, -0.15) is 5.26 Å². The quantitative estimate of drug-likeness (QED) is 0.389. The lowest BCUT2D eigenvalue weighted by molar-refractivity contribution is -0.140. The summed E-state index contributed by atoms with van der Waals surface area (Å²) in [6, 6.07) is 7.22. The SMILES string of the molecule is CCOc1ccc(/C=C2/C(=O)N(CCCOC)C(=O)C(C#N)=C2C)cc1OC. The molecule has 1 aliphatic rings. The third kappa shape index (κ3) is 4.41. The predicted molar refractivity (Wildman–Crippen MR) is 104 cm³/mol. The summed E-state index contributed by atoms with van der Waals surface area (Å²) >= 11 is 0. The van der Waals surface area contributed by atoms with Crippen molar-refractivity contribution in [1.82, 2.24) is 4.90 Å². The van der Waals surface area contributed by atoms with Crippen molar-refractivity contribution in [2.45, 2.75) is 20.3 Å². The zero-order valence-corrected chi connectivity index (χ0v) is 16.6. The van der Waals surface area contributed by atoms with Gasteiger partial charge in [-0.1, -0.05) is 6.07 Å². The van der Waals surface area contributed by atoms with Gasteiger partial charge < -0.3 is 14.2 Å². The van der Waals surface area contributed by atoms with E-state index in [1.54, 1.807) is 38.3 Å². The van der Waals surface area contributed by atoms with Crippen LogP contribution in [-0.2, 0) is 14.3 Å². The zero-order valence-electron chi connectivity index (χ0n) is 16.6. The molecule has 0 aliphatic carbocycles. The molecule has 0 fully saturated rings. The van der Waals surface area contributed by atoms with E-state index < -0.39 is 11.8 Å². The van der Waals surface area contributed by atoms with E-state index >= 15 is 0 Å². The summed E-state index contributed by atoms with van der Waals surface area (Å²) < 4.78 is 15.8. The number of rotatable bonds is 8. The number of imide groups is 1. The average Bonchev–Trinajstić information content (AvgIpc) is 2.69. The molecule has 2 rings (SSSR count). The van der Waals surface area contributed by atoms with Crippen LogP contribution in [0.4, 0.5) is 0 Å². The average molecular weight is 384 g/mol. The second-order valence-electron chi connectivity index (χ2n) is 6.12. The number of benzene rings is 1. The molecule has 28 heavy (non-hydrogen) atoms. The molecular weight excluding hydrogens is 360 g/mol. The molecule has 1 aliphatic heterocycles. The highest BCUT2D eigenvalue weighted by Crippen LogP contribution is 2.31. The van der Waals surface area contributed by atoms with Gasteiger partial charge in [-0.3, -0.25) is 14.5 Å². The maximum atomic E-state index is 12.9. The lowest BCUT2D eigenvalue weighted by Gasteiger charge is -2.27. The topological polar surface area (TPSA) is 88.9 Å². The second-order valence-corrected chi connectivity index (χ2v) is 6.12. The van der Waals surface area contributed by atoms with Crippen LogP contribution < -0.4 is 9.47 Å². The van der Waals surface area contributed by atoms with Crippen LogP contribution in [0.25, 0.3) is 6.08 Å². The standard InChI is InChI=1S/C21H24N2O5/c1-5-28-18-8-7-15(12-19(18)27-4)11-16-14(2)17(13-22)21(25)23(20(16)24)9-6-10-26-3/h7-8,11-12H,5-6,9-10H2,1-4H3/b16-11+. The number of methoxy groups -OCH3 is 2. The van der Waals surface area contributed by atoms with Gasteiger partial charge in [0.05, 0.1) is 13.7 Å². The molecule has 7 heteroatoms. The molecule has 0 unspecified atom stereocenters. The Balaban J connectivity index is 2.46. The van der Waals surface area contributed by atoms with Crippen molar-refractivity contribution in [2.75, 3.05) is 34.0 Å². The minimum Gasteiger partial charge on any atom is -0.493 e. The first-order chi connectivity index (χ1) is 13.5. The maximum absolute atomic E-state index is 12.9. The summed E-state index contributed by atoms with van der Waals surface area (Å²) in [5.74, 6) is 0.145. The van der Waals surface area contributed by atoms with E-state index in [0.717, 1.165) is 4.90 Å². The number of carbonyl (C=O) groups excluding carboxylic acids is 2. The Morgan fingerprint density at radius 3 is 2.54 bits per heavy atom. The molecular formula is C21H24N2O5. The predicted octanol–water partition coefficient (Wildman–Crippen LogP) is 2.72. The third-order valence-electron chi connectivity index (χ3n) is 4.35. The molecule has 148 valence electrons. The van der Waals surface area contributed by atoms with E-state index in [1.807, 2.05) is 13.0 Å². The fourth-order valence-corrected chi connectivity index (χ4v) is 2.92. The summed E-state index contributed by atoms with van der Waals surface area (Å²) in [5.41, 5.74) is 1.35. The highest BCUT2D eigenvalue weighted by atomic mass is 16.5. The van der Waals surface area contributed by atoms with Gasteiger partial charge in [0.25, 0.3) is 11.8 Å². The molecule has 7 nitrogen and oxygen atoms in total. The summed E-state index contributed by atoms with van der Waals surface area (Å²) in [6.07, 6.45) is 2.15. The molecule has 2 amide bonds. The Morgan fingerprint density at radius 1 is 1.18 bits per heavy atom. The monoisotopic (exact) mass is 384 g/mol. The van der Waals surface area contributed by atoms with Crippen LogP contribution in [0.3, 0.4) is 0 Å². The maximum Gasteiger partial charge on any atom is 0.271 e. The summed E-state index contributed by atoms with van der Waals surface area (Å²) in [7, 11) is 3.09. The van der Waals surface area contributed by atoms with Crippen LogP contribution in [0.2, 0.25) is 0 Å². The Hall–Kier alpha value is -3.11. The first-order valence-electron chi connectivity index (χ1n) is 8.97. The lowest BCUT2D eigenvalue weighted by Crippen LogP contribution is -2.43. The molecule has 0 saturated heterocycles. The molecule has 0 saturated carbocycles. The van der Waals surface area contributed by atoms with Crippen molar-refractivity contribution < 1.29 is 23.8 Å². The first kappa shape index (κ1) is 21.2. The van der Waals surface area contributed by atoms with E-state index in [2.05, 4.69) is 0 Å². The van der Waals surface area contributed by atoms with Crippen LogP contribution in [0.15, 0.2) is 34.9 Å². The van der Waals surface area contributed by atoms with Gasteiger partial charge in [-0.15, -0.1) is 0 Å². The number of hydrogen-bond donors (Lipinski definition) is 0. The van der Waals surface area contributed by atoms with E-state index in [1.165, 1.54) is 7.11 Å². The van der Waals surface area contributed by atoms with E-state index in [9.17, 15) is 14.9 Å². The number of carbonyl (C=O) groups is 2. The summed E-state index contributed by atoms with van der Waals surface area (Å²) in [4.78, 5) is 26.5. The third-order valence-corrected chi connectivity index (χ3v) is 4.35. The minimum absolute atomic E-state index is 0.0267. The summed E-state index contributed by atoms with van der Waals surface area (Å²) in [5, 5.41) is 9.41. The number of amides is 2. The van der Waals surface area contributed by atoms with Crippen molar-refractivity contribution in [3.8, 4) is 17.6 Å². The van der Waals surface area contributed by atoms with Crippen LogP contribution in [0.5, 0.6) is 11.5 Å². The van der Waals surface area contributed by atoms with Gasteiger partial charge in [-0.25, -0.2) is 0 Å². The van der Waals surface area contributed by atoms with Crippen LogP contribution >= 0.6 is 0 Å². The number of nitriles is 1. The van der Waals surface area contributed by atoms with Gasteiger partial charge in [0, 0.05) is 25.8 Å². The van der Waals surface area contributed by atoms with Crippen molar-refractivity contribution >= 4 is 17.9 Å². The highest BCUT2D eigenvalue weighted by Gasteiger charge is 2.35. The smallest absolute Gasteiger partial charge is 0.271 e. The summed E-state index contributed by atoms with van der Waals surface area (Å²) in [6.45, 7) is 4.59. The fourth-order valence-electron chi connectivity index (χ4n) is 2.92.